The van der Waals surface area contributed by atoms with E-state index in [-0.39, 0.29) is 5.56 Å². The van der Waals surface area contributed by atoms with Crippen LogP contribution in [0.3, 0.4) is 0 Å². The van der Waals surface area contributed by atoms with E-state index in [4.69, 9.17) is 5.10 Å². The molecule has 8 heteroatoms. The van der Waals surface area contributed by atoms with Crippen molar-refractivity contribution in [2.75, 3.05) is 25.0 Å². The lowest BCUT2D eigenvalue weighted by Gasteiger charge is -2.33. The number of alkyl halides is 2. The van der Waals surface area contributed by atoms with Gasteiger partial charge in [-0.25, -0.2) is 8.78 Å². The first-order valence-corrected chi connectivity index (χ1v) is 13.4. The van der Waals surface area contributed by atoms with Gasteiger partial charge in [0.05, 0.1) is 12.2 Å². The Kier molecular flexibility index (Phi) is 6.10. The van der Waals surface area contributed by atoms with Gasteiger partial charge in [-0.05, 0) is 74.8 Å². The molecule has 0 atom stereocenters. The monoisotopic (exact) mass is 494 g/mol. The van der Waals surface area contributed by atoms with Crippen molar-refractivity contribution in [3.05, 3.63) is 46.9 Å². The summed E-state index contributed by atoms with van der Waals surface area (Å²) in [5.74, 6) is 1.76. The highest BCUT2D eigenvalue weighted by atomic mass is 19.3. The molecule has 1 saturated carbocycles. The van der Waals surface area contributed by atoms with Gasteiger partial charge in [-0.2, -0.15) is 10.2 Å². The van der Waals surface area contributed by atoms with E-state index in [1.165, 1.54) is 36.9 Å². The zero-order chi connectivity index (χ0) is 25.0. The fourth-order valence-corrected chi connectivity index (χ4v) is 6.43. The summed E-state index contributed by atoms with van der Waals surface area (Å²) in [6.45, 7) is 5.04. The van der Waals surface area contributed by atoms with E-state index in [1.807, 2.05) is 19.3 Å². The molecule has 2 aromatic heterocycles. The predicted octanol–water partition coefficient (Wildman–Crippen LogP) is 6.04. The molecule has 3 aromatic rings. The molecular weight excluding hydrogens is 458 g/mol. The summed E-state index contributed by atoms with van der Waals surface area (Å²) in [7, 11) is 3.97. The summed E-state index contributed by atoms with van der Waals surface area (Å²) >= 11 is 0. The standard InChI is InChI=1S/C28H36F2N6/c1-18-6-8-21(9-7-18)36-25-10-12-33(2)17-24(25)28(32-36)35-11-4-5-19-13-22(20-15-31-34(3)16-20)23(27(29)30)14-26(19)35/h13-16,18,21,27H,4-12,17H2,1-3H3. The van der Waals surface area contributed by atoms with Crippen LogP contribution in [0.15, 0.2) is 24.5 Å². The van der Waals surface area contributed by atoms with E-state index in [9.17, 15) is 8.78 Å². The first-order chi connectivity index (χ1) is 17.4. The average Bonchev–Trinajstić information content (AvgIpc) is 3.46. The summed E-state index contributed by atoms with van der Waals surface area (Å²) in [4.78, 5) is 4.58. The molecule has 0 spiro atoms. The van der Waals surface area contributed by atoms with Crippen LogP contribution in [0, 0.1) is 5.92 Å². The molecule has 2 aliphatic heterocycles. The zero-order valence-electron chi connectivity index (χ0n) is 21.6. The van der Waals surface area contributed by atoms with Crippen molar-refractivity contribution in [2.24, 2.45) is 13.0 Å². The quantitative estimate of drug-likeness (QED) is 0.443. The van der Waals surface area contributed by atoms with E-state index in [1.54, 1.807) is 16.9 Å². The SMILES string of the molecule is CC1CCC(n2nc(N3CCCc4cc(-c5cnn(C)c5)c(C(F)F)cc43)c3c2CCN(C)C3)CC1. The third kappa shape index (κ3) is 4.13. The minimum absolute atomic E-state index is 0.0698. The largest absolute Gasteiger partial charge is 0.324 e. The molecule has 6 rings (SSSR count). The van der Waals surface area contributed by atoms with Crippen LogP contribution in [0.2, 0.25) is 0 Å². The number of nitrogens with zero attached hydrogens (tertiary/aromatic N) is 6. The van der Waals surface area contributed by atoms with Gasteiger partial charge in [0.15, 0.2) is 5.82 Å². The highest BCUT2D eigenvalue weighted by molar-refractivity contribution is 5.76. The third-order valence-electron chi connectivity index (χ3n) is 8.46. The summed E-state index contributed by atoms with van der Waals surface area (Å²) in [5, 5.41) is 9.49. The fourth-order valence-electron chi connectivity index (χ4n) is 6.43. The van der Waals surface area contributed by atoms with Gasteiger partial charge in [0, 0.05) is 67.4 Å². The molecule has 4 heterocycles. The number of fused-ring (bicyclic) bond motifs is 2. The summed E-state index contributed by atoms with van der Waals surface area (Å²) in [5.41, 5.74) is 6.04. The number of halogens is 2. The van der Waals surface area contributed by atoms with Crippen LogP contribution in [-0.4, -0.2) is 44.6 Å². The summed E-state index contributed by atoms with van der Waals surface area (Å²) in [6, 6.07) is 4.14. The van der Waals surface area contributed by atoms with Gasteiger partial charge in [-0.1, -0.05) is 6.92 Å². The Bertz CT molecular complexity index is 1250. The highest BCUT2D eigenvalue weighted by Gasteiger charge is 2.33. The number of rotatable bonds is 4. The van der Waals surface area contributed by atoms with Gasteiger partial charge >= 0.3 is 0 Å². The molecule has 3 aliphatic rings. The molecule has 0 amide bonds. The summed E-state index contributed by atoms with van der Waals surface area (Å²) < 4.78 is 32.7. The Morgan fingerprint density at radius 1 is 1.03 bits per heavy atom. The molecule has 0 radical (unpaired) electrons. The smallest absolute Gasteiger partial charge is 0.264 e. The lowest BCUT2D eigenvalue weighted by Crippen LogP contribution is -2.30. The van der Waals surface area contributed by atoms with Crippen molar-refractivity contribution in [3.63, 3.8) is 0 Å². The second-order valence-corrected chi connectivity index (χ2v) is 11.1. The van der Waals surface area contributed by atoms with Crippen molar-refractivity contribution in [2.45, 2.75) is 70.9 Å². The number of hydrogen-bond acceptors (Lipinski definition) is 4. The Morgan fingerprint density at radius 2 is 1.83 bits per heavy atom. The van der Waals surface area contributed by atoms with Gasteiger partial charge in [-0.3, -0.25) is 9.36 Å². The molecule has 1 fully saturated rings. The lowest BCUT2D eigenvalue weighted by atomic mass is 9.87. The Morgan fingerprint density at radius 3 is 2.56 bits per heavy atom. The number of likely N-dealkylation sites (N-methyl/N-ethyl adjacent to an activating group) is 1. The van der Waals surface area contributed by atoms with Gasteiger partial charge in [-0.15, -0.1) is 0 Å². The van der Waals surface area contributed by atoms with Crippen LogP contribution >= 0.6 is 0 Å². The molecular formula is C28H36F2N6. The van der Waals surface area contributed by atoms with Crippen LogP contribution in [0.25, 0.3) is 11.1 Å². The minimum atomic E-state index is -2.56. The van der Waals surface area contributed by atoms with Gasteiger partial charge in [0.25, 0.3) is 6.43 Å². The molecule has 1 aromatic carbocycles. The van der Waals surface area contributed by atoms with Gasteiger partial charge in [0.2, 0.25) is 0 Å². The normalized spacial score (nSPS) is 22.7. The first-order valence-electron chi connectivity index (χ1n) is 13.4. The van der Waals surface area contributed by atoms with Crippen LogP contribution < -0.4 is 4.90 Å². The predicted molar refractivity (Wildman–Crippen MR) is 138 cm³/mol. The third-order valence-corrected chi connectivity index (χ3v) is 8.46. The fraction of sp³-hybridized carbons (Fsp3) is 0.571. The van der Waals surface area contributed by atoms with Crippen molar-refractivity contribution in [1.82, 2.24) is 24.5 Å². The van der Waals surface area contributed by atoms with E-state index >= 15 is 0 Å². The lowest BCUT2D eigenvalue weighted by molar-refractivity contribution is 0.152. The van der Waals surface area contributed by atoms with E-state index < -0.39 is 6.43 Å². The molecule has 0 saturated heterocycles. The zero-order valence-corrected chi connectivity index (χ0v) is 21.6. The number of aryl methyl sites for hydroxylation is 2. The maximum absolute atomic E-state index is 14.4. The topological polar surface area (TPSA) is 42.1 Å². The Labute approximate surface area is 211 Å². The van der Waals surface area contributed by atoms with E-state index in [2.05, 4.69) is 33.6 Å². The molecule has 0 bridgehead atoms. The molecule has 36 heavy (non-hydrogen) atoms. The highest BCUT2D eigenvalue weighted by Crippen LogP contribution is 2.44. The van der Waals surface area contributed by atoms with E-state index in [0.717, 1.165) is 67.4 Å². The van der Waals surface area contributed by atoms with Crippen molar-refractivity contribution < 1.29 is 8.78 Å². The molecule has 0 unspecified atom stereocenters. The van der Waals surface area contributed by atoms with Crippen LogP contribution in [0.5, 0.6) is 0 Å². The number of anilines is 2. The average molecular weight is 495 g/mol. The maximum Gasteiger partial charge on any atom is 0.264 e. The van der Waals surface area contributed by atoms with Crippen molar-refractivity contribution in [3.8, 4) is 11.1 Å². The second-order valence-electron chi connectivity index (χ2n) is 11.1. The molecule has 1 aliphatic carbocycles. The van der Waals surface area contributed by atoms with Gasteiger partial charge in [0.1, 0.15) is 0 Å². The van der Waals surface area contributed by atoms with Crippen LogP contribution in [0.1, 0.15) is 73.9 Å². The molecule has 192 valence electrons. The van der Waals surface area contributed by atoms with Gasteiger partial charge < -0.3 is 9.80 Å². The van der Waals surface area contributed by atoms with Crippen molar-refractivity contribution >= 4 is 11.5 Å². The number of benzene rings is 1. The second kappa shape index (κ2) is 9.29. The Balaban J connectivity index is 1.45. The first kappa shape index (κ1) is 23.6. The summed E-state index contributed by atoms with van der Waals surface area (Å²) in [6.07, 6.45) is 8.62. The molecule has 6 nitrogen and oxygen atoms in total. The number of aromatic nitrogens is 4. The maximum atomic E-state index is 14.4. The number of hydrogen-bond donors (Lipinski definition) is 0. The Hall–Kier alpha value is -2.74. The molecule has 0 N–H and O–H groups in total. The van der Waals surface area contributed by atoms with Crippen LogP contribution in [-0.2, 0) is 26.4 Å². The minimum Gasteiger partial charge on any atom is -0.324 e. The van der Waals surface area contributed by atoms with E-state index in [0.29, 0.717) is 11.6 Å². The van der Waals surface area contributed by atoms with Crippen molar-refractivity contribution in [1.29, 1.82) is 0 Å². The van der Waals surface area contributed by atoms with Crippen LogP contribution in [0.4, 0.5) is 20.3 Å².